The molecule has 4 aromatic carbocycles. The van der Waals surface area contributed by atoms with Crippen molar-refractivity contribution in [3.05, 3.63) is 117 Å². The van der Waals surface area contributed by atoms with Crippen molar-refractivity contribution in [3.8, 4) is 11.5 Å². The molecule has 2 aliphatic rings. The number of fused-ring (bicyclic) bond motifs is 2. The third-order valence-electron chi connectivity index (χ3n) is 8.18. The predicted octanol–water partition coefficient (Wildman–Crippen LogP) is 8.60. The average Bonchev–Trinajstić information content (AvgIpc) is 2.90. The minimum atomic E-state index is -0.172. The number of hydrogen-bond donors (Lipinski definition) is 0. The second-order valence-electron chi connectivity index (χ2n) is 11.9. The van der Waals surface area contributed by atoms with Crippen LogP contribution in [0.3, 0.4) is 0 Å². The van der Waals surface area contributed by atoms with Crippen LogP contribution in [0.15, 0.2) is 72.8 Å². The van der Waals surface area contributed by atoms with Gasteiger partial charge in [0.05, 0.1) is 0 Å². The van der Waals surface area contributed by atoms with Crippen LogP contribution in [0.2, 0.25) is 0 Å². The van der Waals surface area contributed by atoms with E-state index in [0.29, 0.717) is 13.5 Å². The highest BCUT2D eigenvalue weighted by atomic mass is 16.5. The van der Waals surface area contributed by atoms with Crippen LogP contribution in [-0.4, -0.2) is 13.5 Å². The molecule has 0 atom stereocenters. The van der Waals surface area contributed by atoms with Gasteiger partial charge in [0, 0.05) is 41.0 Å². The lowest BCUT2D eigenvalue weighted by atomic mass is 9.77. The molecule has 0 saturated carbocycles. The SMILES string of the molecule is C.Cc1cc(C)cc(N2COc3ccc(C(C)(C)c4ccc5c(c4)CN(c4cc(C)cc(C)c4)CO5)cc3C2)c1. The molecule has 0 unspecified atom stereocenters. The van der Waals surface area contributed by atoms with E-state index < -0.39 is 0 Å². The van der Waals surface area contributed by atoms with Crippen molar-refractivity contribution in [1.82, 2.24) is 0 Å². The van der Waals surface area contributed by atoms with Crippen molar-refractivity contribution in [2.24, 2.45) is 0 Å². The molecule has 2 heterocycles. The first-order valence-electron chi connectivity index (χ1n) is 13.8. The van der Waals surface area contributed by atoms with E-state index in [4.69, 9.17) is 9.47 Å². The van der Waals surface area contributed by atoms with Crippen molar-refractivity contribution in [3.63, 3.8) is 0 Å². The Kier molecular flexibility index (Phi) is 7.31. The fourth-order valence-electron chi connectivity index (χ4n) is 6.03. The fraction of sp³-hybridized carbons (Fsp3) is 0.333. The number of nitrogens with zero attached hydrogens (tertiary/aromatic N) is 2. The number of hydrogen-bond acceptors (Lipinski definition) is 4. The van der Waals surface area contributed by atoms with E-state index in [1.807, 2.05) is 0 Å². The smallest absolute Gasteiger partial charge is 0.161 e. The fourth-order valence-corrected chi connectivity index (χ4v) is 6.03. The number of ether oxygens (including phenoxy) is 2. The second kappa shape index (κ2) is 10.6. The highest BCUT2D eigenvalue weighted by molar-refractivity contribution is 5.56. The largest absolute Gasteiger partial charge is 0.473 e. The molecule has 0 amide bonds. The first kappa shape index (κ1) is 27.6. The van der Waals surface area contributed by atoms with Gasteiger partial charge in [-0.15, -0.1) is 0 Å². The van der Waals surface area contributed by atoms with Gasteiger partial charge in [0.15, 0.2) is 13.5 Å². The van der Waals surface area contributed by atoms with Gasteiger partial charge in [-0.25, -0.2) is 0 Å². The van der Waals surface area contributed by atoms with E-state index in [1.54, 1.807) is 0 Å². The molecule has 0 fully saturated rings. The topological polar surface area (TPSA) is 24.9 Å². The summed E-state index contributed by atoms with van der Waals surface area (Å²) in [5.74, 6) is 1.97. The molecule has 4 nitrogen and oxygen atoms in total. The zero-order valence-electron chi connectivity index (χ0n) is 24.0. The molecule has 208 valence electrons. The van der Waals surface area contributed by atoms with E-state index in [-0.39, 0.29) is 12.8 Å². The quantitative estimate of drug-likeness (QED) is 0.262. The van der Waals surface area contributed by atoms with Crippen LogP contribution < -0.4 is 19.3 Å². The molecule has 0 spiro atoms. The van der Waals surface area contributed by atoms with Crippen LogP contribution >= 0.6 is 0 Å². The van der Waals surface area contributed by atoms with Crippen molar-refractivity contribution >= 4 is 11.4 Å². The average molecular weight is 535 g/mol. The zero-order chi connectivity index (χ0) is 27.3. The summed E-state index contributed by atoms with van der Waals surface area (Å²) in [7, 11) is 0. The summed E-state index contributed by atoms with van der Waals surface area (Å²) in [5, 5.41) is 0. The molecule has 2 aliphatic heterocycles. The highest BCUT2D eigenvalue weighted by Gasteiger charge is 2.28. The lowest BCUT2D eigenvalue weighted by Gasteiger charge is -2.34. The van der Waals surface area contributed by atoms with Crippen molar-refractivity contribution in [2.45, 2.75) is 67.5 Å². The van der Waals surface area contributed by atoms with Crippen LogP contribution in [0.5, 0.6) is 11.5 Å². The molecule has 0 saturated heterocycles. The normalized spacial score (nSPS) is 14.4. The Labute approximate surface area is 240 Å². The first-order chi connectivity index (χ1) is 18.7. The zero-order valence-corrected chi connectivity index (χ0v) is 24.0. The number of benzene rings is 4. The number of aryl methyl sites for hydroxylation is 4. The Morgan fingerprint density at radius 3 is 1.30 bits per heavy atom. The van der Waals surface area contributed by atoms with E-state index in [9.17, 15) is 0 Å². The predicted molar refractivity (Wildman–Crippen MR) is 167 cm³/mol. The molecule has 40 heavy (non-hydrogen) atoms. The van der Waals surface area contributed by atoms with Crippen molar-refractivity contribution < 1.29 is 9.47 Å². The maximum Gasteiger partial charge on any atom is 0.161 e. The third kappa shape index (κ3) is 5.28. The second-order valence-corrected chi connectivity index (χ2v) is 11.9. The van der Waals surface area contributed by atoms with E-state index in [2.05, 4.69) is 124 Å². The van der Waals surface area contributed by atoms with Crippen LogP contribution in [0, 0.1) is 27.7 Å². The molecule has 4 heteroatoms. The summed E-state index contributed by atoms with van der Waals surface area (Å²) in [6, 6.07) is 26.8. The first-order valence-corrected chi connectivity index (χ1v) is 13.8. The van der Waals surface area contributed by atoms with Gasteiger partial charge in [0.2, 0.25) is 0 Å². The minimum absolute atomic E-state index is 0. The van der Waals surface area contributed by atoms with Crippen molar-refractivity contribution in [2.75, 3.05) is 23.3 Å². The Bertz CT molecular complexity index is 1400. The molecule has 0 radical (unpaired) electrons. The van der Waals surface area contributed by atoms with Gasteiger partial charge in [0.1, 0.15) is 11.5 Å². The van der Waals surface area contributed by atoms with Crippen LogP contribution in [0.4, 0.5) is 11.4 Å². The summed E-state index contributed by atoms with van der Waals surface area (Å²) in [4.78, 5) is 4.63. The Morgan fingerprint density at radius 1 is 0.550 bits per heavy atom. The monoisotopic (exact) mass is 534 g/mol. The summed E-state index contributed by atoms with van der Waals surface area (Å²) in [5.41, 5.74) is 12.4. The number of rotatable bonds is 4. The van der Waals surface area contributed by atoms with Gasteiger partial charge in [-0.3, -0.25) is 0 Å². The standard InChI is InChI=1S/C35H38N2O2.CH4/c1-23-11-24(2)14-31(13-23)36-19-27-17-29(7-9-33(27)38-21-36)35(5,6)30-8-10-34-28(18-30)20-37(22-39-34)32-15-25(3)12-26(4)16-32;/h7-18H,19-22H2,1-6H3;1H4. The Balaban J connectivity index is 0.00000323. The van der Waals surface area contributed by atoms with Crippen molar-refractivity contribution in [1.29, 1.82) is 0 Å². The molecule has 0 N–H and O–H groups in total. The summed E-state index contributed by atoms with van der Waals surface area (Å²) in [6.45, 7) is 16.1. The highest BCUT2D eigenvalue weighted by Crippen LogP contribution is 2.39. The van der Waals surface area contributed by atoms with Gasteiger partial charge in [-0.2, -0.15) is 0 Å². The van der Waals surface area contributed by atoms with Gasteiger partial charge < -0.3 is 19.3 Å². The maximum atomic E-state index is 6.19. The summed E-state index contributed by atoms with van der Waals surface area (Å²) >= 11 is 0. The molecule has 0 aromatic heterocycles. The van der Waals surface area contributed by atoms with Gasteiger partial charge in [-0.05, 0) is 110 Å². The van der Waals surface area contributed by atoms with Crippen LogP contribution in [0.25, 0.3) is 0 Å². The number of anilines is 2. The van der Waals surface area contributed by atoms with E-state index >= 15 is 0 Å². The molecule has 0 bridgehead atoms. The van der Waals surface area contributed by atoms with E-state index in [0.717, 1.165) is 24.6 Å². The minimum Gasteiger partial charge on any atom is -0.473 e. The molecule has 0 aliphatic carbocycles. The lowest BCUT2D eigenvalue weighted by molar-refractivity contribution is 0.288. The van der Waals surface area contributed by atoms with E-state index in [1.165, 1.54) is 55.9 Å². The Morgan fingerprint density at radius 2 is 0.925 bits per heavy atom. The van der Waals surface area contributed by atoms with Gasteiger partial charge in [0.25, 0.3) is 0 Å². The van der Waals surface area contributed by atoms with Gasteiger partial charge in [-0.1, -0.05) is 45.5 Å². The Hall–Kier alpha value is -3.92. The molecular weight excluding hydrogens is 492 g/mol. The van der Waals surface area contributed by atoms with Crippen LogP contribution in [-0.2, 0) is 18.5 Å². The lowest BCUT2D eigenvalue weighted by Crippen LogP contribution is -2.33. The van der Waals surface area contributed by atoms with Crippen LogP contribution in [0.1, 0.15) is 65.8 Å². The molecule has 4 aromatic rings. The maximum absolute atomic E-state index is 6.19. The third-order valence-corrected chi connectivity index (χ3v) is 8.18. The summed E-state index contributed by atoms with van der Waals surface area (Å²) < 4.78 is 12.4. The molecule has 6 rings (SSSR count). The summed E-state index contributed by atoms with van der Waals surface area (Å²) in [6.07, 6.45) is 0. The van der Waals surface area contributed by atoms with Gasteiger partial charge >= 0.3 is 0 Å². The molecular formula is C36H42N2O2.